The van der Waals surface area contributed by atoms with Crippen molar-refractivity contribution in [1.82, 2.24) is 0 Å². The third kappa shape index (κ3) is 3.61. The lowest BCUT2D eigenvalue weighted by atomic mass is 10.0. The first-order valence-electron chi connectivity index (χ1n) is 7.14. The van der Waals surface area contributed by atoms with Crippen molar-refractivity contribution in [3.63, 3.8) is 0 Å². The van der Waals surface area contributed by atoms with Crippen molar-refractivity contribution in [2.24, 2.45) is 5.73 Å². The van der Waals surface area contributed by atoms with Crippen molar-refractivity contribution in [3.8, 4) is 5.75 Å². The highest BCUT2D eigenvalue weighted by Crippen LogP contribution is 2.21. The maximum atomic E-state index is 6.25. The van der Waals surface area contributed by atoms with Crippen molar-refractivity contribution < 1.29 is 4.74 Å². The fraction of sp³-hybridized carbons (Fsp3) is 0.333. The Labute approximate surface area is 121 Å². The minimum Gasteiger partial charge on any atom is -0.491 e. The van der Waals surface area contributed by atoms with Gasteiger partial charge in [-0.3, -0.25) is 0 Å². The first-order chi connectivity index (χ1) is 9.60. The van der Waals surface area contributed by atoms with Gasteiger partial charge in [0.05, 0.1) is 6.04 Å². The van der Waals surface area contributed by atoms with Gasteiger partial charge in [-0.2, -0.15) is 0 Å². The van der Waals surface area contributed by atoms with E-state index in [1.165, 1.54) is 16.7 Å². The predicted octanol–water partition coefficient (Wildman–Crippen LogP) is 3.94. The van der Waals surface area contributed by atoms with Gasteiger partial charge in [-0.25, -0.2) is 0 Å². The van der Waals surface area contributed by atoms with E-state index >= 15 is 0 Å². The number of rotatable bonds is 5. The lowest BCUT2D eigenvalue weighted by molar-refractivity contribution is 0.288. The molecule has 0 amide bonds. The van der Waals surface area contributed by atoms with Crippen LogP contribution in [0.25, 0.3) is 0 Å². The first kappa shape index (κ1) is 14.6. The van der Waals surface area contributed by atoms with Crippen LogP contribution in [0.3, 0.4) is 0 Å². The molecular weight excluding hydrogens is 246 g/mol. The smallest absolute Gasteiger partial charge is 0.122 e. The second-order valence-electron chi connectivity index (χ2n) is 5.30. The summed E-state index contributed by atoms with van der Waals surface area (Å²) in [5.41, 5.74) is 11.1. The first-order valence-corrected chi connectivity index (χ1v) is 7.14. The van der Waals surface area contributed by atoms with Gasteiger partial charge in [0.15, 0.2) is 0 Å². The number of ether oxygens (including phenoxy) is 1. The summed E-state index contributed by atoms with van der Waals surface area (Å²) in [5, 5.41) is 0. The number of nitrogens with two attached hydrogens (primary N) is 1. The molecule has 0 fully saturated rings. The van der Waals surface area contributed by atoms with Crippen LogP contribution < -0.4 is 10.5 Å². The zero-order chi connectivity index (χ0) is 14.5. The van der Waals surface area contributed by atoms with Crippen LogP contribution in [0.5, 0.6) is 5.75 Å². The molecule has 2 heteroatoms. The molecular formula is C18H23NO. The summed E-state index contributed by atoms with van der Waals surface area (Å²) in [5.74, 6) is 0.940. The Morgan fingerprint density at radius 2 is 1.70 bits per heavy atom. The summed E-state index contributed by atoms with van der Waals surface area (Å²) in [7, 11) is 0. The SMILES string of the molecule is CCc1ccccc1OCC(N)c1cc(C)cc(C)c1. The second kappa shape index (κ2) is 6.58. The zero-order valence-corrected chi connectivity index (χ0v) is 12.5. The van der Waals surface area contributed by atoms with Gasteiger partial charge in [0.1, 0.15) is 12.4 Å². The van der Waals surface area contributed by atoms with Crippen LogP contribution in [0.15, 0.2) is 42.5 Å². The fourth-order valence-electron chi connectivity index (χ4n) is 2.44. The fourth-order valence-corrected chi connectivity index (χ4v) is 2.44. The third-order valence-electron chi connectivity index (χ3n) is 3.44. The van der Waals surface area contributed by atoms with Crippen molar-refractivity contribution in [1.29, 1.82) is 0 Å². The number of benzene rings is 2. The van der Waals surface area contributed by atoms with E-state index in [2.05, 4.69) is 45.0 Å². The lowest BCUT2D eigenvalue weighted by Gasteiger charge is -2.16. The molecule has 0 bridgehead atoms. The minimum atomic E-state index is -0.0986. The molecule has 0 heterocycles. The average molecular weight is 269 g/mol. The molecule has 2 nitrogen and oxygen atoms in total. The van der Waals surface area contributed by atoms with Gasteiger partial charge in [-0.15, -0.1) is 0 Å². The van der Waals surface area contributed by atoms with E-state index in [-0.39, 0.29) is 6.04 Å². The van der Waals surface area contributed by atoms with Gasteiger partial charge in [0, 0.05) is 0 Å². The zero-order valence-electron chi connectivity index (χ0n) is 12.5. The summed E-state index contributed by atoms with van der Waals surface area (Å²) in [6.45, 7) is 6.82. The van der Waals surface area contributed by atoms with Crippen LogP contribution in [0.2, 0.25) is 0 Å². The van der Waals surface area contributed by atoms with E-state index in [0.717, 1.165) is 17.7 Å². The van der Waals surface area contributed by atoms with E-state index in [1.807, 2.05) is 18.2 Å². The number of para-hydroxylation sites is 1. The summed E-state index contributed by atoms with van der Waals surface area (Å²) >= 11 is 0. The second-order valence-corrected chi connectivity index (χ2v) is 5.30. The highest BCUT2D eigenvalue weighted by atomic mass is 16.5. The van der Waals surface area contributed by atoms with Crippen LogP contribution in [0.1, 0.15) is 35.2 Å². The molecule has 2 aromatic carbocycles. The monoisotopic (exact) mass is 269 g/mol. The highest BCUT2D eigenvalue weighted by molar-refractivity contribution is 5.34. The Kier molecular flexibility index (Phi) is 4.80. The van der Waals surface area contributed by atoms with Crippen LogP contribution in [-0.2, 0) is 6.42 Å². The van der Waals surface area contributed by atoms with E-state index in [1.54, 1.807) is 0 Å². The largest absolute Gasteiger partial charge is 0.491 e. The maximum Gasteiger partial charge on any atom is 0.122 e. The molecule has 2 aromatic rings. The van der Waals surface area contributed by atoms with Crippen LogP contribution >= 0.6 is 0 Å². The molecule has 20 heavy (non-hydrogen) atoms. The highest BCUT2D eigenvalue weighted by Gasteiger charge is 2.09. The van der Waals surface area contributed by atoms with Gasteiger partial charge in [0.25, 0.3) is 0 Å². The molecule has 0 aliphatic rings. The van der Waals surface area contributed by atoms with Gasteiger partial charge in [-0.05, 0) is 37.5 Å². The third-order valence-corrected chi connectivity index (χ3v) is 3.44. The Bertz CT molecular complexity index is 557. The standard InChI is InChI=1S/C18H23NO/c1-4-15-7-5-6-8-18(15)20-12-17(19)16-10-13(2)9-14(3)11-16/h5-11,17H,4,12,19H2,1-3H3. The molecule has 1 atom stereocenters. The number of aryl methyl sites for hydroxylation is 3. The van der Waals surface area contributed by atoms with Gasteiger partial charge < -0.3 is 10.5 Å². The molecule has 0 radical (unpaired) electrons. The van der Waals surface area contributed by atoms with Crippen molar-refractivity contribution in [2.75, 3.05) is 6.61 Å². The molecule has 0 spiro atoms. The van der Waals surface area contributed by atoms with Crippen molar-refractivity contribution in [2.45, 2.75) is 33.2 Å². The molecule has 0 aliphatic heterocycles. The van der Waals surface area contributed by atoms with Gasteiger partial charge in [-0.1, -0.05) is 54.4 Å². The Morgan fingerprint density at radius 3 is 2.35 bits per heavy atom. The van der Waals surface area contributed by atoms with Gasteiger partial charge in [0.2, 0.25) is 0 Å². The molecule has 0 saturated heterocycles. The number of hydrogen-bond donors (Lipinski definition) is 1. The minimum absolute atomic E-state index is 0.0986. The summed E-state index contributed by atoms with van der Waals surface area (Å²) in [6, 6.07) is 14.5. The van der Waals surface area contributed by atoms with Crippen LogP contribution in [0.4, 0.5) is 0 Å². The molecule has 0 saturated carbocycles. The Balaban J connectivity index is 2.06. The Hall–Kier alpha value is -1.80. The predicted molar refractivity (Wildman–Crippen MR) is 84.2 cm³/mol. The van der Waals surface area contributed by atoms with Crippen LogP contribution in [-0.4, -0.2) is 6.61 Å². The van der Waals surface area contributed by atoms with E-state index in [9.17, 15) is 0 Å². The van der Waals surface area contributed by atoms with E-state index < -0.39 is 0 Å². The van der Waals surface area contributed by atoms with Crippen LogP contribution in [0, 0.1) is 13.8 Å². The maximum absolute atomic E-state index is 6.25. The molecule has 2 N–H and O–H groups in total. The summed E-state index contributed by atoms with van der Waals surface area (Å²) in [4.78, 5) is 0. The molecule has 0 aliphatic carbocycles. The van der Waals surface area contributed by atoms with Crippen molar-refractivity contribution >= 4 is 0 Å². The number of hydrogen-bond acceptors (Lipinski definition) is 2. The summed E-state index contributed by atoms with van der Waals surface area (Å²) < 4.78 is 5.90. The Morgan fingerprint density at radius 1 is 1.05 bits per heavy atom. The van der Waals surface area contributed by atoms with Gasteiger partial charge >= 0.3 is 0 Å². The lowest BCUT2D eigenvalue weighted by Crippen LogP contribution is -2.19. The molecule has 106 valence electrons. The topological polar surface area (TPSA) is 35.2 Å². The summed E-state index contributed by atoms with van der Waals surface area (Å²) in [6.07, 6.45) is 0.967. The van der Waals surface area contributed by atoms with Crippen molar-refractivity contribution in [3.05, 3.63) is 64.7 Å². The quantitative estimate of drug-likeness (QED) is 0.892. The molecule has 0 aromatic heterocycles. The molecule has 2 rings (SSSR count). The molecule has 1 unspecified atom stereocenters. The van der Waals surface area contributed by atoms with E-state index in [0.29, 0.717) is 6.61 Å². The average Bonchev–Trinajstić information content (AvgIpc) is 2.44. The normalized spacial score (nSPS) is 12.2. The van der Waals surface area contributed by atoms with E-state index in [4.69, 9.17) is 10.5 Å².